The summed E-state index contributed by atoms with van der Waals surface area (Å²) < 4.78 is 2.31. The number of aryl methyl sites for hydroxylation is 2. The molecule has 1 aromatic carbocycles. The second-order valence-corrected chi connectivity index (χ2v) is 7.18. The maximum Gasteiger partial charge on any atom is 0.133 e. The van der Waals surface area contributed by atoms with Gasteiger partial charge in [0.25, 0.3) is 0 Å². The van der Waals surface area contributed by atoms with Gasteiger partial charge in [-0.15, -0.1) is 0 Å². The van der Waals surface area contributed by atoms with Crippen molar-refractivity contribution in [1.82, 2.24) is 14.5 Å². The van der Waals surface area contributed by atoms with Gasteiger partial charge in [-0.05, 0) is 24.8 Å². The van der Waals surface area contributed by atoms with Gasteiger partial charge in [-0.2, -0.15) is 0 Å². The van der Waals surface area contributed by atoms with Gasteiger partial charge in [0.2, 0.25) is 0 Å². The maximum atomic E-state index is 12.0. The summed E-state index contributed by atoms with van der Waals surface area (Å²) in [4.78, 5) is 21.4. The highest BCUT2D eigenvalue weighted by atomic mass is 16.1. The molecule has 0 N–H and O–H groups in total. The quantitative estimate of drug-likeness (QED) is 0.585. The fraction of sp³-hybridized carbons (Fsp3) is 0.476. The predicted octanol–water partition coefficient (Wildman–Crippen LogP) is 4.93. The number of nitrogens with zero attached hydrogens (tertiary/aromatic N) is 3. The van der Waals surface area contributed by atoms with Crippen LogP contribution in [0.4, 0.5) is 0 Å². The molecule has 0 aliphatic carbocycles. The minimum absolute atomic E-state index is 0.364. The van der Waals surface area contributed by atoms with Crippen LogP contribution in [-0.4, -0.2) is 20.3 Å². The summed E-state index contributed by atoms with van der Waals surface area (Å²) in [6.07, 6.45) is 6.07. The number of fused-ring (bicyclic) bond motifs is 3. The zero-order chi connectivity index (χ0) is 17.8. The topological polar surface area (TPSA) is 47.8 Å². The van der Waals surface area contributed by atoms with Crippen LogP contribution in [0.1, 0.15) is 52.3 Å². The molecule has 0 saturated carbocycles. The van der Waals surface area contributed by atoms with E-state index in [4.69, 9.17) is 4.98 Å². The Kier molecular flexibility index (Phi) is 5.47. The van der Waals surface area contributed by atoms with Crippen molar-refractivity contribution in [2.24, 2.45) is 5.92 Å². The number of benzene rings is 1. The van der Waals surface area contributed by atoms with Crippen molar-refractivity contribution >= 4 is 27.7 Å². The largest absolute Gasteiger partial charge is 0.327 e. The number of carbonyl (C=O) groups is 1. The lowest BCUT2D eigenvalue weighted by molar-refractivity contribution is -0.119. The van der Waals surface area contributed by atoms with E-state index in [-0.39, 0.29) is 0 Å². The molecule has 2 heterocycles. The van der Waals surface area contributed by atoms with Crippen molar-refractivity contribution in [1.29, 1.82) is 0 Å². The minimum Gasteiger partial charge on any atom is -0.327 e. The molecule has 0 unspecified atom stereocenters. The van der Waals surface area contributed by atoms with Crippen molar-refractivity contribution in [3.8, 4) is 0 Å². The number of Topliss-reactive ketones (excluding diaryl/α,β-unsaturated/α-hetero) is 1. The number of hydrogen-bond acceptors (Lipinski definition) is 3. The van der Waals surface area contributed by atoms with Crippen molar-refractivity contribution in [3.05, 3.63) is 36.3 Å². The number of pyridine rings is 1. The van der Waals surface area contributed by atoms with Crippen molar-refractivity contribution in [2.75, 3.05) is 0 Å². The first-order valence-electron chi connectivity index (χ1n) is 9.34. The summed E-state index contributed by atoms with van der Waals surface area (Å²) in [6.45, 7) is 7.20. The summed E-state index contributed by atoms with van der Waals surface area (Å²) in [6, 6.07) is 8.21. The predicted molar refractivity (Wildman–Crippen MR) is 103 cm³/mol. The van der Waals surface area contributed by atoms with E-state index >= 15 is 0 Å². The molecule has 0 fully saturated rings. The van der Waals surface area contributed by atoms with Crippen molar-refractivity contribution < 1.29 is 4.79 Å². The van der Waals surface area contributed by atoms with Gasteiger partial charge < -0.3 is 4.57 Å². The van der Waals surface area contributed by atoms with E-state index in [0.29, 0.717) is 24.5 Å². The normalized spacial score (nSPS) is 11.7. The molecule has 4 nitrogen and oxygen atoms in total. The van der Waals surface area contributed by atoms with E-state index in [1.54, 1.807) is 0 Å². The summed E-state index contributed by atoms with van der Waals surface area (Å²) in [5.74, 6) is 1.90. The van der Waals surface area contributed by atoms with E-state index in [1.807, 2.05) is 24.4 Å². The smallest absolute Gasteiger partial charge is 0.133 e. The third-order valence-electron chi connectivity index (χ3n) is 4.51. The molecule has 25 heavy (non-hydrogen) atoms. The third-order valence-corrected chi connectivity index (χ3v) is 4.51. The molecule has 0 radical (unpaired) electrons. The lowest BCUT2D eigenvalue weighted by Gasteiger charge is -2.10. The van der Waals surface area contributed by atoms with Crippen molar-refractivity contribution in [3.63, 3.8) is 0 Å². The third kappa shape index (κ3) is 3.89. The zero-order valence-corrected chi connectivity index (χ0v) is 15.5. The summed E-state index contributed by atoms with van der Waals surface area (Å²) in [5.41, 5.74) is 3.11. The number of aromatic nitrogens is 3. The number of carbonyl (C=O) groups excluding carboxylic acids is 1. The number of rotatable bonds is 8. The van der Waals surface area contributed by atoms with Crippen LogP contribution in [0.25, 0.3) is 21.9 Å². The van der Waals surface area contributed by atoms with Crippen LogP contribution < -0.4 is 0 Å². The molecule has 0 bridgehead atoms. The molecule has 3 rings (SSSR count). The number of hydrogen-bond donors (Lipinski definition) is 0. The summed E-state index contributed by atoms with van der Waals surface area (Å²) in [5, 5.41) is 1.14. The number of ketones is 1. The molecule has 0 aliphatic rings. The molecule has 2 aromatic heterocycles. The van der Waals surface area contributed by atoms with Gasteiger partial charge in [0, 0.05) is 31.2 Å². The van der Waals surface area contributed by atoms with Gasteiger partial charge in [-0.3, -0.25) is 9.78 Å². The van der Waals surface area contributed by atoms with Crippen molar-refractivity contribution in [2.45, 2.75) is 59.4 Å². The second-order valence-electron chi connectivity index (χ2n) is 7.18. The molecule has 0 amide bonds. The molecule has 3 aromatic rings. The highest BCUT2D eigenvalue weighted by Crippen LogP contribution is 2.25. The van der Waals surface area contributed by atoms with E-state index in [2.05, 4.69) is 36.4 Å². The lowest BCUT2D eigenvalue weighted by atomic mass is 10.0. The Balaban J connectivity index is 1.92. The minimum atomic E-state index is 0.364. The molecule has 4 heteroatoms. The Bertz CT molecular complexity index is 879. The molecule has 0 atom stereocenters. The summed E-state index contributed by atoms with van der Waals surface area (Å²) in [7, 11) is 0. The fourth-order valence-corrected chi connectivity index (χ4v) is 3.46. The molecule has 132 valence electrons. The van der Waals surface area contributed by atoms with Gasteiger partial charge in [0.15, 0.2) is 0 Å². The van der Waals surface area contributed by atoms with Crippen LogP contribution in [0.5, 0.6) is 0 Å². The molecular weight excluding hydrogens is 310 g/mol. The Morgan fingerprint density at radius 3 is 2.76 bits per heavy atom. The van der Waals surface area contributed by atoms with Crippen LogP contribution in [0, 0.1) is 5.92 Å². The Labute approximate surface area is 149 Å². The molecule has 0 aliphatic heterocycles. The van der Waals surface area contributed by atoms with Crippen LogP contribution in [0.3, 0.4) is 0 Å². The van der Waals surface area contributed by atoms with Crippen LogP contribution in [0.2, 0.25) is 0 Å². The maximum absolute atomic E-state index is 12.0. The van der Waals surface area contributed by atoms with E-state index in [1.165, 1.54) is 0 Å². The first-order valence-corrected chi connectivity index (χ1v) is 9.34. The monoisotopic (exact) mass is 337 g/mol. The number of para-hydroxylation sites is 1. The van der Waals surface area contributed by atoms with E-state index < -0.39 is 0 Å². The Morgan fingerprint density at radius 1 is 1.20 bits per heavy atom. The van der Waals surface area contributed by atoms with Crippen LogP contribution in [-0.2, 0) is 17.8 Å². The Morgan fingerprint density at radius 2 is 2.00 bits per heavy atom. The average Bonchev–Trinajstić information content (AvgIpc) is 2.92. The first kappa shape index (κ1) is 17.6. The van der Waals surface area contributed by atoms with Gasteiger partial charge in [0.1, 0.15) is 17.1 Å². The van der Waals surface area contributed by atoms with Gasteiger partial charge >= 0.3 is 0 Å². The molecule has 0 spiro atoms. The highest BCUT2D eigenvalue weighted by Gasteiger charge is 2.14. The number of imidazole rings is 1. The second kappa shape index (κ2) is 7.77. The lowest BCUT2D eigenvalue weighted by Crippen LogP contribution is -2.08. The van der Waals surface area contributed by atoms with Crippen LogP contribution >= 0.6 is 0 Å². The van der Waals surface area contributed by atoms with Gasteiger partial charge in [0.05, 0.1) is 17.2 Å². The molecular formula is C21H27N3O. The standard InChI is InChI=1S/C21H27N3O/c1-4-8-20-23-19-14-22-18-11-6-5-10-17(18)21(19)24(20)12-7-9-16(25)13-15(2)3/h5-6,10-11,14-15H,4,7-9,12-13H2,1-3H3. The van der Waals surface area contributed by atoms with Gasteiger partial charge in [-0.1, -0.05) is 39.0 Å². The highest BCUT2D eigenvalue weighted by molar-refractivity contribution is 6.02. The van der Waals surface area contributed by atoms with E-state index in [9.17, 15) is 4.79 Å². The summed E-state index contributed by atoms with van der Waals surface area (Å²) >= 11 is 0. The SMILES string of the molecule is CCCc1nc2cnc3ccccc3c2n1CCCC(=O)CC(C)C. The molecule has 0 saturated heterocycles. The van der Waals surface area contributed by atoms with E-state index in [0.717, 1.165) is 53.6 Å². The Hall–Kier alpha value is -2.23. The fourth-order valence-electron chi connectivity index (χ4n) is 3.46. The average molecular weight is 337 g/mol. The zero-order valence-electron chi connectivity index (χ0n) is 15.5. The van der Waals surface area contributed by atoms with Gasteiger partial charge in [-0.25, -0.2) is 4.98 Å². The first-order chi connectivity index (χ1) is 12.1. The van der Waals surface area contributed by atoms with Crippen LogP contribution in [0.15, 0.2) is 30.5 Å².